The van der Waals surface area contributed by atoms with Gasteiger partial charge in [0.2, 0.25) is 5.91 Å². The van der Waals surface area contributed by atoms with Gasteiger partial charge in [0.05, 0.1) is 22.7 Å². The van der Waals surface area contributed by atoms with Crippen LogP contribution >= 0.6 is 11.3 Å². The molecule has 1 amide bonds. The molecule has 0 bridgehead atoms. The van der Waals surface area contributed by atoms with E-state index in [9.17, 15) is 4.79 Å². The first-order valence-electron chi connectivity index (χ1n) is 8.94. The summed E-state index contributed by atoms with van der Waals surface area (Å²) in [6, 6.07) is 14.1. The van der Waals surface area contributed by atoms with Crippen molar-refractivity contribution in [3.63, 3.8) is 0 Å². The van der Waals surface area contributed by atoms with E-state index < -0.39 is 5.41 Å². The minimum Gasteiger partial charge on any atom is -0.497 e. The average molecular weight is 366 g/mol. The third-order valence-electron chi connectivity index (χ3n) is 5.31. The Morgan fingerprint density at radius 2 is 1.88 bits per heavy atom. The molecule has 1 N–H and O–H groups in total. The van der Waals surface area contributed by atoms with Crippen molar-refractivity contribution >= 4 is 32.6 Å². The number of nitrogens with zero attached hydrogens (tertiary/aromatic N) is 1. The minimum atomic E-state index is -0.441. The smallest absolute Gasteiger partial charge is 0.236 e. The number of aryl methyl sites for hydroxylation is 1. The number of fused-ring (bicyclic) bond motifs is 1. The highest BCUT2D eigenvalue weighted by atomic mass is 32.1. The number of benzene rings is 2. The van der Waals surface area contributed by atoms with Crippen molar-refractivity contribution in [1.82, 2.24) is 4.98 Å². The second-order valence-electron chi connectivity index (χ2n) is 6.96. The first kappa shape index (κ1) is 17.0. The van der Waals surface area contributed by atoms with Gasteiger partial charge in [-0.3, -0.25) is 4.79 Å². The number of carbonyl (C=O) groups excluding carboxylic acids is 1. The van der Waals surface area contributed by atoms with Crippen LogP contribution in [-0.2, 0) is 10.2 Å². The van der Waals surface area contributed by atoms with Gasteiger partial charge in [0.25, 0.3) is 0 Å². The molecular weight excluding hydrogens is 344 g/mol. The average Bonchev–Trinajstić information content (AvgIpc) is 3.28. The van der Waals surface area contributed by atoms with Gasteiger partial charge in [0.1, 0.15) is 5.75 Å². The Morgan fingerprint density at radius 1 is 1.15 bits per heavy atom. The highest BCUT2D eigenvalue weighted by Gasteiger charge is 2.42. The third kappa shape index (κ3) is 2.97. The summed E-state index contributed by atoms with van der Waals surface area (Å²) in [5, 5.41) is 3.74. The molecule has 134 valence electrons. The van der Waals surface area contributed by atoms with Crippen LogP contribution in [0.1, 0.15) is 36.8 Å². The SMILES string of the molecule is COc1ccc2nc(NC(=O)C3(c4ccc(C)cc4)CCCC3)sc2c1. The van der Waals surface area contributed by atoms with Crippen LogP contribution in [0, 0.1) is 6.92 Å². The number of rotatable bonds is 4. The van der Waals surface area contributed by atoms with Gasteiger partial charge in [-0.1, -0.05) is 54.0 Å². The molecule has 1 aliphatic rings. The zero-order valence-corrected chi connectivity index (χ0v) is 15.9. The van der Waals surface area contributed by atoms with Crippen LogP contribution in [-0.4, -0.2) is 18.0 Å². The standard InChI is InChI=1S/C21H22N2O2S/c1-14-5-7-15(8-6-14)21(11-3-4-12-21)19(24)23-20-22-17-10-9-16(25-2)13-18(17)26-20/h5-10,13H,3-4,11-12H2,1-2H3,(H,22,23,24). The number of aromatic nitrogens is 1. The van der Waals surface area contributed by atoms with E-state index in [-0.39, 0.29) is 5.91 Å². The molecule has 2 aromatic carbocycles. The van der Waals surface area contributed by atoms with Gasteiger partial charge in [-0.2, -0.15) is 0 Å². The van der Waals surface area contributed by atoms with Gasteiger partial charge in [-0.15, -0.1) is 0 Å². The van der Waals surface area contributed by atoms with Crippen molar-refractivity contribution in [3.05, 3.63) is 53.6 Å². The third-order valence-corrected chi connectivity index (χ3v) is 6.25. The minimum absolute atomic E-state index is 0.0601. The van der Waals surface area contributed by atoms with Crippen molar-refractivity contribution in [2.45, 2.75) is 38.0 Å². The lowest BCUT2D eigenvalue weighted by Crippen LogP contribution is -2.37. The quantitative estimate of drug-likeness (QED) is 0.702. The van der Waals surface area contributed by atoms with E-state index in [1.807, 2.05) is 18.2 Å². The summed E-state index contributed by atoms with van der Waals surface area (Å²) in [4.78, 5) is 17.8. The van der Waals surface area contributed by atoms with E-state index in [4.69, 9.17) is 4.74 Å². The highest BCUT2D eigenvalue weighted by molar-refractivity contribution is 7.22. The Kier molecular flexibility index (Phi) is 4.41. The summed E-state index contributed by atoms with van der Waals surface area (Å²) in [6.45, 7) is 2.07. The molecule has 0 aliphatic heterocycles. The van der Waals surface area contributed by atoms with E-state index in [0.29, 0.717) is 5.13 Å². The number of anilines is 1. The van der Waals surface area contributed by atoms with Crippen molar-refractivity contribution < 1.29 is 9.53 Å². The van der Waals surface area contributed by atoms with Crippen molar-refractivity contribution in [2.24, 2.45) is 0 Å². The molecule has 5 heteroatoms. The summed E-state index contributed by atoms with van der Waals surface area (Å²) >= 11 is 1.49. The molecule has 0 unspecified atom stereocenters. The fraction of sp³-hybridized carbons (Fsp3) is 0.333. The molecule has 4 nitrogen and oxygen atoms in total. The number of hydrogen-bond donors (Lipinski definition) is 1. The lowest BCUT2D eigenvalue weighted by Gasteiger charge is -2.28. The summed E-state index contributed by atoms with van der Waals surface area (Å²) in [5.74, 6) is 0.857. The number of nitrogens with one attached hydrogen (secondary N) is 1. The maximum absolute atomic E-state index is 13.3. The molecule has 1 fully saturated rings. The topological polar surface area (TPSA) is 51.2 Å². The maximum atomic E-state index is 13.3. The zero-order chi connectivity index (χ0) is 18.1. The van der Waals surface area contributed by atoms with Crippen LogP contribution in [0.4, 0.5) is 5.13 Å². The Balaban J connectivity index is 1.64. The molecular formula is C21H22N2O2S. The first-order chi connectivity index (χ1) is 12.6. The highest BCUT2D eigenvalue weighted by Crippen LogP contribution is 2.42. The van der Waals surface area contributed by atoms with E-state index in [2.05, 4.69) is 41.5 Å². The number of amides is 1. The molecule has 0 atom stereocenters. The molecule has 1 heterocycles. The second kappa shape index (κ2) is 6.72. The van der Waals surface area contributed by atoms with Crippen molar-refractivity contribution in [2.75, 3.05) is 12.4 Å². The monoisotopic (exact) mass is 366 g/mol. The molecule has 0 radical (unpaired) electrons. The Hall–Kier alpha value is -2.40. The van der Waals surface area contributed by atoms with Gasteiger partial charge < -0.3 is 10.1 Å². The Bertz CT molecular complexity index is 940. The summed E-state index contributed by atoms with van der Waals surface area (Å²) in [6.07, 6.45) is 3.94. The normalized spacial score (nSPS) is 15.9. The number of carbonyl (C=O) groups is 1. The fourth-order valence-corrected chi connectivity index (χ4v) is 4.69. The lowest BCUT2D eigenvalue weighted by atomic mass is 9.78. The van der Waals surface area contributed by atoms with Gasteiger partial charge in [-0.05, 0) is 43.5 Å². The van der Waals surface area contributed by atoms with Crippen LogP contribution in [0.3, 0.4) is 0 Å². The number of methoxy groups -OCH3 is 1. The number of thiazole rings is 1. The molecule has 1 aliphatic carbocycles. The van der Waals surface area contributed by atoms with Crippen molar-refractivity contribution in [3.8, 4) is 5.75 Å². The van der Waals surface area contributed by atoms with Crippen LogP contribution < -0.4 is 10.1 Å². The number of hydrogen-bond acceptors (Lipinski definition) is 4. The molecule has 26 heavy (non-hydrogen) atoms. The van der Waals surface area contributed by atoms with E-state index in [0.717, 1.165) is 47.2 Å². The van der Waals surface area contributed by atoms with Gasteiger partial charge >= 0.3 is 0 Å². The second-order valence-corrected chi connectivity index (χ2v) is 7.99. The van der Waals surface area contributed by atoms with Crippen LogP contribution in [0.2, 0.25) is 0 Å². The zero-order valence-electron chi connectivity index (χ0n) is 15.0. The van der Waals surface area contributed by atoms with Crippen molar-refractivity contribution in [1.29, 1.82) is 0 Å². The lowest BCUT2D eigenvalue weighted by molar-refractivity contribution is -0.121. The van der Waals surface area contributed by atoms with Gasteiger partial charge in [0.15, 0.2) is 5.13 Å². The van der Waals surface area contributed by atoms with Crippen LogP contribution in [0.25, 0.3) is 10.2 Å². The van der Waals surface area contributed by atoms with E-state index >= 15 is 0 Å². The van der Waals surface area contributed by atoms with Gasteiger partial charge in [-0.25, -0.2) is 4.98 Å². The van der Waals surface area contributed by atoms with E-state index in [1.54, 1.807) is 7.11 Å². The van der Waals surface area contributed by atoms with E-state index in [1.165, 1.54) is 16.9 Å². The Morgan fingerprint density at radius 3 is 2.58 bits per heavy atom. The van der Waals surface area contributed by atoms with Crippen LogP contribution in [0.5, 0.6) is 5.75 Å². The predicted molar refractivity (Wildman–Crippen MR) is 106 cm³/mol. The Labute approximate surface area is 157 Å². The van der Waals surface area contributed by atoms with Gasteiger partial charge in [0, 0.05) is 0 Å². The summed E-state index contributed by atoms with van der Waals surface area (Å²) in [7, 11) is 1.65. The molecule has 0 spiro atoms. The molecule has 3 aromatic rings. The first-order valence-corrected chi connectivity index (χ1v) is 9.75. The summed E-state index contributed by atoms with van der Waals surface area (Å²) < 4.78 is 6.28. The molecule has 1 saturated carbocycles. The maximum Gasteiger partial charge on any atom is 0.236 e. The largest absolute Gasteiger partial charge is 0.497 e. The number of ether oxygens (including phenoxy) is 1. The summed E-state index contributed by atoms with van der Waals surface area (Å²) in [5.41, 5.74) is 2.76. The molecule has 1 aromatic heterocycles. The van der Waals surface area contributed by atoms with Crippen LogP contribution in [0.15, 0.2) is 42.5 Å². The molecule has 0 saturated heterocycles. The predicted octanol–water partition coefficient (Wildman–Crippen LogP) is 5.06. The fourth-order valence-electron chi connectivity index (χ4n) is 3.80. The molecule has 4 rings (SSSR count).